The number of aryl methyl sites for hydroxylation is 3. The number of rotatable bonds is 9. The van der Waals surface area contributed by atoms with Crippen LogP contribution in [0.5, 0.6) is 5.75 Å². The first-order chi connectivity index (χ1) is 18.6. The van der Waals surface area contributed by atoms with Crippen LogP contribution in [0.2, 0.25) is 0 Å². The first-order valence-corrected chi connectivity index (χ1v) is 13.8. The quantitative estimate of drug-likeness (QED) is 0.313. The Balaban J connectivity index is 1.23. The van der Waals surface area contributed by atoms with Gasteiger partial charge in [0.1, 0.15) is 6.33 Å². The van der Waals surface area contributed by atoms with Crippen molar-refractivity contribution >= 4 is 17.4 Å². The smallest absolute Gasteiger partial charge is 0.406 e. The summed E-state index contributed by atoms with van der Waals surface area (Å²) in [4.78, 5) is 33.4. The number of carbonyl (C=O) groups excluding carboxylic acids is 1. The monoisotopic (exact) mass is 528 g/mol. The number of amides is 1. The van der Waals surface area contributed by atoms with Crippen LogP contribution in [0.1, 0.15) is 57.5 Å². The van der Waals surface area contributed by atoms with E-state index in [0.717, 1.165) is 37.9 Å². The number of thiazole rings is 1. The third kappa shape index (κ3) is 6.41. The van der Waals surface area contributed by atoms with E-state index in [0.29, 0.717) is 29.7 Å². The van der Waals surface area contributed by atoms with Crippen molar-refractivity contribution in [1.82, 2.24) is 30.2 Å². The molecule has 0 fully saturated rings. The predicted molar refractivity (Wildman–Crippen MR) is 147 cm³/mol. The van der Waals surface area contributed by atoms with Gasteiger partial charge >= 0.3 is 6.09 Å². The normalized spacial score (nSPS) is 14.8. The largest absolute Gasteiger partial charge is 0.412 e. The van der Waals surface area contributed by atoms with Gasteiger partial charge in [0.25, 0.3) is 0 Å². The van der Waals surface area contributed by atoms with Gasteiger partial charge in [-0.1, -0.05) is 30.3 Å². The van der Waals surface area contributed by atoms with E-state index in [2.05, 4.69) is 55.5 Å². The predicted octanol–water partition coefficient (Wildman–Crippen LogP) is 5.36. The summed E-state index contributed by atoms with van der Waals surface area (Å²) in [5.74, 6) is 0.401. The molecule has 0 saturated heterocycles. The molecule has 0 spiro atoms. The molecule has 1 unspecified atom stereocenters. The van der Waals surface area contributed by atoms with Gasteiger partial charge in [-0.25, -0.2) is 14.8 Å². The van der Waals surface area contributed by atoms with Gasteiger partial charge in [0.2, 0.25) is 0 Å². The molecule has 3 aromatic heterocycles. The van der Waals surface area contributed by atoms with Crippen LogP contribution in [0.15, 0.2) is 60.6 Å². The molecule has 1 aliphatic rings. The van der Waals surface area contributed by atoms with Crippen molar-refractivity contribution in [3.05, 3.63) is 99.3 Å². The molecular formula is C29H32N6O2S. The van der Waals surface area contributed by atoms with E-state index >= 15 is 0 Å². The summed E-state index contributed by atoms with van der Waals surface area (Å²) < 4.78 is 5.44. The lowest BCUT2D eigenvalue weighted by atomic mass is 9.90. The van der Waals surface area contributed by atoms with Crippen LogP contribution >= 0.6 is 11.3 Å². The van der Waals surface area contributed by atoms with Crippen molar-refractivity contribution in [3.8, 4) is 5.75 Å². The number of pyridine rings is 1. The average molecular weight is 529 g/mol. The molecule has 3 heterocycles. The molecule has 1 amide bonds. The summed E-state index contributed by atoms with van der Waals surface area (Å²) in [5, 5.41) is 2.82. The minimum Gasteiger partial charge on any atom is -0.406 e. The maximum absolute atomic E-state index is 12.3. The SMILES string of the molecule is Cc1ncnc(C)c1OC(=O)NCc1ccc(CN(CCc2cncs2)C2CCCc3cccnc32)cc1. The molecule has 1 N–H and O–H groups in total. The summed E-state index contributed by atoms with van der Waals surface area (Å²) in [6, 6.07) is 13.0. The molecule has 5 rings (SSSR count). The van der Waals surface area contributed by atoms with Crippen LogP contribution < -0.4 is 10.1 Å². The molecule has 38 heavy (non-hydrogen) atoms. The van der Waals surface area contributed by atoms with Gasteiger partial charge in [0.15, 0.2) is 5.75 Å². The number of benzene rings is 1. The first-order valence-electron chi connectivity index (χ1n) is 12.9. The van der Waals surface area contributed by atoms with Crippen molar-refractivity contribution in [3.63, 3.8) is 0 Å². The van der Waals surface area contributed by atoms with Crippen LogP contribution in [-0.2, 0) is 25.9 Å². The second-order valence-corrected chi connectivity index (χ2v) is 10.5. The van der Waals surface area contributed by atoms with E-state index in [1.54, 1.807) is 25.2 Å². The third-order valence-electron chi connectivity index (χ3n) is 6.94. The number of nitrogens with one attached hydrogen (secondary N) is 1. The molecule has 0 radical (unpaired) electrons. The van der Waals surface area contributed by atoms with Crippen molar-refractivity contribution in [2.45, 2.75) is 58.7 Å². The lowest BCUT2D eigenvalue weighted by molar-refractivity contribution is 0.168. The number of hydrogen-bond donors (Lipinski definition) is 1. The zero-order valence-corrected chi connectivity index (χ0v) is 22.6. The fourth-order valence-corrected chi connectivity index (χ4v) is 5.52. The highest BCUT2D eigenvalue weighted by Crippen LogP contribution is 2.34. The Morgan fingerprint density at radius 3 is 2.66 bits per heavy atom. The van der Waals surface area contributed by atoms with Gasteiger partial charge in [-0.05, 0) is 62.3 Å². The number of aromatic nitrogens is 4. The van der Waals surface area contributed by atoms with Crippen LogP contribution in [0.4, 0.5) is 4.79 Å². The Bertz CT molecular complexity index is 1340. The summed E-state index contributed by atoms with van der Waals surface area (Å²) in [5.41, 5.74) is 7.99. The minimum atomic E-state index is -0.521. The van der Waals surface area contributed by atoms with E-state index in [9.17, 15) is 4.79 Å². The molecule has 1 atom stereocenters. The molecule has 8 nitrogen and oxygen atoms in total. The van der Waals surface area contributed by atoms with Gasteiger partial charge in [0, 0.05) is 36.9 Å². The molecular weight excluding hydrogens is 496 g/mol. The Hall–Kier alpha value is -3.69. The Labute approximate surface area is 227 Å². The molecule has 9 heteroatoms. The summed E-state index contributed by atoms with van der Waals surface area (Å²) in [6.07, 6.45) is 9.18. The second kappa shape index (κ2) is 12.2. The second-order valence-electron chi connectivity index (χ2n) is 9.58. The summed E-state index contributed by atoms with van der Waals surface area (Å²) in [7, 11) is 0. The highest BCUT2D eigenvalue weighted by Gasteiger charge is 2.27. The summed E-state index contributed by atoms with van der Waals surface area (Å²) >= 11 is 1.71. The van der Waals surface area contributed by atoms with Crippen LogP contribution in [0, 0.1) is 13.8 Å². The first kappa shape index (κ1) is 25.9. The topological polar surface area (TPSA) is 93.1 Å². The lowest BCUT2D eigenvalue weighted by Gasteiger charge is -2.35. The number of hydrogen-bond acceptors (Lipinski definition) is 8. The van der Waals surface area contributed by atoms with Gasteiger partial charge in [-0.2, -0.15) is 0 Å². The highest BCUT2D eigenvalue weighted by molar-refractivity contribution is 7.09. The highest BCUT2D eigenvalue weighted by atomic mass is 32.1. The zero-order chi connectivity index (χ0) is 26.3. The van der Waals surface area contributed by atoms with Crippen LogP contribution in [-0.4, -0.2) is 37.5 Å². The van der Waals surface area contributed by atoms with Crippen molar-refractivity contribution < 1.29 is 9.53 Å². The number of ether oxygens (including phenoxy) is 1. The Morgan fingerprint density at radius 1 is 1.11 bits per heavy atom. The van der Waals surface area contributed by atoms with E-state index < -0.39 is 6.09 Å². The standard InChI is InChI=1S/C29H32N6O2S/c1-20-28(21(2)34-18-33-20)37-29(36)32-15-22-8-10-23(11-9-22)17-35(14-12-25-16-30-19-38-25)26-7-3-5-24-6-4-13-31-27(24)26/h4,6,8-11,13,16,18-19,26H,3,5,7,12,14-15,17H2,1-2H3,(H,32,36). The zero-order valence-electron chi connectivity index (χ0n) is 21.8. The van der Waals surface area contributed by atoms with E-state index in [1.807, 2.05) is 24.0 Å². The molecule has 1 aliphatic carbocycles. The third-order valence-corrected chi connectivity index (χ3v) is 7.77. The molecule has 4 aromatic rings. The van der Waals surface area contributed by atoms with Crippen molar-refractivity contribution in [2.75, 3.05) is 6.54 Å². The van der Waals surface area contributed by atoms with Gasteiger partial charge in [0.05, 0.1) is 28.6 Å². The van der Waals surface area contributed by atoms with Gasteiger partial charge in [-0.3, -0.25) is 14.9 Å². The molecule has 196 valence electrons. The number of nitrogens with zero attached hydrogens (tertiary/aromatic N) is 5. The van der Waals surface area contributed by atoms with Crippen molar-refractivity contribution in [1.29, 1.82) is 0 Å². The van der Waals surface area contributed by atoms with Gasteiger partial charge < -0.3 is 10.1 Å². The maximum atomic E-state index is 12.3. The Kier molecular flexibility index (Phi) is 8.35. The van der Waals surface area contributed by atoms with Crippen molar-refractivity contribution in [2.24, 2.45) is 0 Å². The minimum absolute atomic E-state index is 0.304. The number of carbonyl (C=O) groups is 1. The average Bonchev–Trinajstić information content (AvgIpc) is 3.46. The van der Waals surface area contributed by atoms with Gasteiger partial charge in [-0.15, -0.1) is 11.3 Å². The van der Waals surface area contributed by atoms with Crippen LogP contribution in [0.3, 0.4) is 0 Å². The molecule has 0 saturated carbocycles. The molecule has 0 bridgehead atoms. The Morgan fingerprint density at radius 2 is 1.89 bits per heavy atom. The van der Waals surface area contributed by atoms with E-state index in [4.69, 9.17) is 9.72 Å². The molecule has 1 aromatic carbocycles. The molecule has 0 aliphatic heterocycles. The summed E-state index contributed by atoms with van der Waals surface area (Å²) in [6.45, 7) is 5.74. The number of fused-ring (bicyclic) bond motifs is 1. The van der Waals surface area contributed by atoms with Crippen LogP contribution in [0.25, 0.3) is 0 Å². The lowest BCUT2D eigenvalue weighted by Crippen LogP contribution is -2.33. The fraction of sp³-hybridized carbons (Fsp3) is 0.345. The fourth-order valence-electron chi connectivity index (χ4n) is 4.93. The van der Waals surface area contributed by atoms with E-state index in [-0.39, 0.29) is 0 Å². The maximum Gasteiger partial charge on any atom is 0.412 e. The van der Waals surface area contributed by atoms with E-state index in [1.165, 1.54) is 34.4 Å².